The SMILES string of the molecule is C[C]1[C](C)[C](C)[C](C)[C]1C.[C-]#[O+].[C-]#[O+].[CH3][Ge]([CH3])[CH3].[Os+]. The zero-order valence-corrected chi connectivity index (χ0v) is 17.8. The molecule has 0 saturated heterocycles. The second kappa shape index (κ2) is 16.7. The van der Waals surface area contributed by atoms with Gasteiger partial charge in [0.05, 0.1) is 0 Å². The third-order valence-corrected chi connectivity index (χ3v) is 2.81. The van der Waals surface area contributed by atoms with Gasteiger partial charge in [-0.3, -0.25) is 0 Å². The largest absolute Gasteiger partial charge is 1.00 e. The van der Waals surface area contributed by atoms with Crippen molar-refractivity contribution in [3.63, 3.8) is 0 Å². The summed E-state index contributed by atoms with van der Waals surface area (Å²) < 4.78 is 15.0. The molecule has 2 nitrogen and oxygen atoms in total. The Morgan fingerprint density at radius 2 is 0.632 bits per heavy atom. The van der Waals surface area contributed by atoms with E-state index < -0.39 is 0 Å². The van der Waals surface area contributed by atoms with Gasteiger partial charge in [0.25, 0.3) is 0 Å². The van der Waals surface area contributed by atoms with Gasteiger partial charge in [-0.15, -0.1) is 0 Å². The summed E-state index contributed by atoms with van der Waals surface area (Å²) in [6.45, 7) is 20.0. The Hall–Kier alpha value is 0.659. The molecule has 0 aliphatic heterocycles. The zero-order valence-electron chi connectivity index (χ0n) is 13.2. The van der Waals surface area contributed by atoms with Crippen molar-refractivity contribution in [3.05, 3.63) is 42.9 Å². The monoisotopic (exact) mass is 502 g/mol. The molecule has 0 atom stereocenters. The Morgan fingerprint density at radius 3 is 0.684 bits per heavy atom. The summed E-state index contributed by atoms with van der Waals surface area (Å²) in [6.07, 6.45) is 0. The van der Waals surface area contributed by atoms with Gasteiger partial charge < -0.3 is 0 Å². The summed E-state index contributed by atoms with van der Waals surface area (Å²) >= 11 is -0.333. The average Bonchev–Trinajstić information content (AvgIpc) is 2.52. The topological polar surface area (TPSA) is 39.8 Å². The van der Waals surface area contributed by atoms with Crippen molar-refractivity contribution >= 4 is 14.3 Å². The smallest absolute Gasteiger partial charge is 1.00 e. The fraction of sp³-hybridized carbons (Fsp3) is 0.533. The van der Waals surface area contributed by atoms with Crippen LogP contribution in [0.2, 0.25) is 17.3 Å². The van der Waals surface area contributed by atoms with Crippen molar-refractivity contribution in [1.29, 1.82) is 0 Å². The molecular weight excluding hydrogens is 475 g/mol. The fourth-order valence-corrected chi connectivity index (χ4v) is 1.41. The van der Waals surface area contributed by atoms with E-state index in [1.165, 1.54) is 29.6 Å². The van der Waals surface area contributed by atoms with E-state index in [-0.39, 0.29) is 34.1 Å². The first-order chi connectivity index (χ1) is 8.29. The second-order valence-corrected chi connectivity index (χ2v) is 10.9. The summed E-state index contributed by atoms with van der Waals surface area (Å²) in [6, 6.07) is 0. The van der Waals surface area contributed by atoms with Gasteiger partial charge in [-0.05, 0) is 29.6 Å². The number of hydrogen-bond donors (Lipinski definition) is 0. The van der Waals surface area contributed by atoms with E-state index in [2.05, 4.69) is 65.2 Å². The van der Waals surface area contributed by atoms with E-state index in [0.29, 0.717) is 0 Å². The van der Waals surface area contributed by atoms with Gasteiger partial charge in [0, 0.05) is 0 Å². The van der Waals surface area contributed by atoms with Crippen molar-refractivity contribution < 1.29 is 29.1 Å². The van der Waals surface area contributed by atoms with E-state index in [1.54, 1.807) is 0 Å². The molecule has 0 amide bonds. The normalized spacial score (nSPS) is 17.1. The molecule has 1 fully saturated rings. The maximum atomic E-state index is 7.50. The van der Waals surface area contributed by atoms with Gasteiger partial charge in [0.15, 0.2) is 0 Å². The van der Waals surface area contributed by atoms with Crippen LogP contribution in [0.4, 0.5) is 0 Å². The summed E-state index contributed by atoms with van der Waals surface area (Å²) in [7, 11) is 0. The standard InChI is InChI=1S/C10H15.C3H9Ge.2CO.Os/c1-6-7(2)9(4)10(5)8(6)3;1-4(2)3;2*1-2;/h1-5H3;1-3H3;;;/q;;;;+1. The summed E-state index contributed by atoms with van der Waals surface area (Å²) in [5, 5.41) is 0. The van der Waals surface area contributed by atoms with Crippen molar-refractivity contribution in [1.82, 2.24) is 0 Å². The average molecular weight is 499 g/mol. The van der Waals surface area contributed by atoms with Crippen LogP contribution in [0.3, 0.4) is 0 Å². The summed E-state index contributed by atoms with van der Waals surface area (Å²) in [5.41, 5.74) is 0. The molecule has 1 aliphatic rings. The zero-order chi connectivity index (χ0) is 15.5. The quantitative estimate of drug-likeness (QED) is 0.272. The predicted molar refractivity (Wildman–Crippen MR) is 75.8 cm³/mol. The molecule has 1 aliphatic carbocycles. The molecule has 0 aromatic heterocycles. The van der Waals surface area contributed by atoms with E-state index in [9.17, 15) is 0 Å². The van der Waals surface area contributed by atoms with E-state index in [1.807, 2.05) is 0 Å². The third-order valence-electron chi connectivity index (χ3n) is 2.81. The van der Waals surface area contributed by atoms with Crippen LogP contribution in [-0.2, 0) is 29.1 Å². The Kier molecular flexibility index (Phi) is 24.6. The molecule has 0 bridgehead atoms. The summed E-state index contributed by atoms with van der Waals surface area (Å²) in [4.78, 5) is 0. The molecule has 0 aromatic carbocycles. The van der Waals surface area contributed by atoms with E-state index >= 15 is 0 Å². The van der Waals surface area contributed by atoms with Crippen LogP contribution in [-0.4, -0.2) is 14.3 Å². The molecule has 0 heterocycles. The Bertz CT molecular complexity index is 175. The Labute approximate surface area is 138 Å². The molecule has 0 spiro atoms. The van der Waals surface area contributed by atoms with Crippen LogP contribution in [0.25, 0.3) is 0 Å². The maximum absolute atomic E-state index is 7.50. The molecule has 0 N–H and O–H groups in total. The van der Waals surface area contributed by atoms with Gasteiger partial charge in [-0.1, -0.05) is 34.6 Å². The van der Waals surface area contributed by atoms with Gasteiger partial charge in [-0.25, -0.2) is 0 Å². The first-order valence-electron chi connectivity index (χ1n) is 5.66. The molecular formula is C15H24GeO2Os+. The minimum Gasteiger partial charge on any atom is 1.00 e. The van der Waals surface area contributed by atoms with Crippen molar-refractivity contribution in [2.75, 3.05) is 0 Å². The van der Waals surface area contributed by atoms with Gasteiger partial charge in [-0.2, -0.15) is 0 Å². The first-order valence-corrected chi connectivity index (χ1v) is 12.0. The number of rotatable bonds is 0. The molecule has 7 radical (unpaired) electrons. The van der Waals surface area contributed by atoms with Crippen LogP contribution >= 0.6 is 0 Å². The summed E-state index contributed by atoms with van der Waals surface area (Å²) in [5.74, 6) is 14.3. The van der Waals surface area contributed by atoms with Crippen molar-refractivity contribution in [2.24, 2.45) is 0 Å². The second-order valence-electron chi connectivity index (χ2n) is 4.62. The van der Waals surface area contributed by atoms with Crippen LogP contribution in [0.5, 0.6) is 0 Å². The maximum Gasteiger partial charge on any atom is 1.00 e. The minimum atomic E-state index is -0.333. The van der Waals surface area contributed by atoms with Crippen LogP contribution < -0.4 is 0 Å². The number of hydrogen-bond acceptors (Lipinski definition) is 0. The van der Waals surface area contributed by atoms with Crippen LogP contribution in [0.1, 0.15) is 34.6 Å². The van der Waals surface area contributed by atoms with Crippen LogP contribution in [0.15, 0.2) is 0 Å². The van der Waals surface area contributed by atoms with E-state index in [4.69, 9.17) is 9.30 Å². The molecule has 1 saturated carbocycles. The van der Waals surface area contributed by atoms with Gasteiger partial charge in [0.2, 0.25) is 0 Å². The predicted octanol–water partition coefficient (Wildman–Crippen LogP) is 4.27. The Morgan fingerprint density at radius 1 is 0.579 bits per heavy atom. The van der Waals surface area contributed by atoms with Gasteiger partial charge in [0.1, 0.15) is 0 Å². The molecule has 1 rings (SSSR count). The molecule has 19 heavy (non-hydrogen) atoms. The van der Waals surface area contributed by atoms with Crippen LogP contribution in [0, 0.1) is 42.9 Å². The Balaban J connectivity index is -0.000000107. The van der Waals surface area contributed by atoms with E-state index in [0.717, 1.165) is 0 Å². The van der Waals surface area contributed by atoms with Crippen molar-refractivity contribution in [2.45, 2.75) is 51.9 Å². The molecule has 0 aromatic rings. The third kappa shape index (κ3) is 12.1. The molecule has 0 unspecified atom stereocenters. The van der Waals surface area contributed by atoms with Gasteiger partial charge >= 0.3 is 74.0 Å². The minimum absolute atomic E-state index is 0. The molecule has 107 valence electrons. The first kappa shape index (κ1) is 27.9. The molecule has 4 heteroatoms. The van der Waals surface area contributed by atoms with Crippen molar-refractivity contribution in [3.8, 4) is 0 Å². The fourth-order valence-electron chi connectivity index (χ4n) is 1.41.